The van der Waals surface area contributed by atoms with Crippen LogP contribution in [0.25, 0.3) is 0 Å². The summed E-state index contributed by atoms with van der Waals surface area (Å²) in [7, 11) is 6.81. The molecule has 0 spiro atoms. The first-order valence-electron chi connectivity index (χ1n) is 8.47. The zero-order valence-electron chi connectivity index (χ0n) is 14.3. The molecule has 2 aliphatic carbocycles. The van der Waals surface area contributed by atoms with Crippen molar-refractivity contribution in [1.29, 1.82) is 0 Å². The van der Waals surface area contributed by atoms with Crippen molar-refractivity contribution >= 4 is 0 Å². The van der Waals surface area contributed by atoms with Gasteiger partial charge in [-0.25, -0.2) is 0 Å². The molecule has 0 aliphatic heterocycles. The molecule has 3 heteroatoms. The van der Waals surface area contributed by atoms with Gasteiger partial charge in [0.25, 0.3) is 0 Å². The van der Waals surface area contributed by atoms with E-state index in [0.29, 0.717) is 11.5 Å². The normalized spacial score (nSPS) is 37.2. The van der Waals surface area contributed by atoms with Crippen LogP contribution in [0.4, 0.5) is 0 Å². The van der Waals surface area contributed by atoms with E-state index in [1.54, 1.807) is 0 Å². The quantitative estimate of drug-likeness (QED) is 0.840. The van der Waals surface area contributed by atoms with E-state index in [2.05, 4.69) is 44.8 Å². The molecule has 0 aromatic carbocycles. The fourth-order valence-corrected chi connectivity index (χ4v) is 4.65. The maximum atomic E-state index is 6.29. The van der Waals surface area contributed by atoms with Gasteiger partial charge in [-0.05, 0) is 58.7 Å². The number of nitrogens with two attached hydrogens (primary N) is 1. The Bertz CT molecular complexity index is 324. The minimum Gasteiger partial charge on any atom is -0.329 e. The molecule has 2 N–H and O–H groups in total. The first-order chi connectivity index (χ1) is 9.38. The van der Waals surface area contributed by atoms with Gasteiger partial charge in [-0.2, -0.15) is 0 Å². The van der Waals surface area contributed by atoms with E-state index < -0.39 is 0 Å². The van der Waals surface area contributed by atoms with Crippen LogP contribution in [-0.4, -0.2) is 55.1 Å². The average molecular weight is 281 g/mol. The van der Waals surface area contributed by atoms with Crippen molar-refractivity contribution in [2.75, 3.05) is 34.2 Å². The van der Waals surface area contributed by atoms with Crippen LogP contribution in [0.15, 0.2) is 0 Å². The van der Waals surface area contributed by atoms with Crippen LogP contribution < -0.4 is 5.73 Å². The highest BCUT2D eigenvalue weighted by atomic mass is 15.3. The first-order valence-corrected chi connectivity index (χ1v) is 8.47. The molecule has 0 bridgehead atoms. The minimum atomic E-state index is 0.219. The van der Waals surface area contributed by atoms with E-state index >= 15 is 0 Å². The molecule has 0 aromatic heterocycles. The van der Waals surface area contributed by atoms with E-state index in [0.717, 1.165) is 12.5 Å². The molecule has 3 atom stereocenters. The molecule has 118 valence electrons. The summed E-state index contributed by atoms with van der Waals surface area (Å²) in [6.45, 7) is 6.82. The molecule has 3 nitrogen and oxygen atoms in total. The Morgan fingerprint density at radius 2 is 1.70 bits per heavy atom. The lowest BCUT2D eigenvalue weighted by molar-refractivity contribution is -0.0492. The van der Waals surface area contributed by atoms with Crippen molar-refractivity contribution in [3.63, 3.8) is 0 Å². The topological polar surface area (TPSA) is 32.5 Å². The predicted octanol–water partition coefficient (Wildman–Crippen LogP) is 2.56. The Morgan fingerprint density at radius 3 is 2.15 bits per heavy atom. The highest BCUT2D eigenvalue weighted by Gasteiger charge is 2.48. The van der Waals surface area contributed by atoms with Gasteiger partial charge in [-0.1, -0.05) is 26.7 Å². The van der Waals surface area contributed by atoms with Gasteiger partial charge in [0.05, 0.1) is 0 Å². The number of hydrogen-bond donors (Lipinski definition) is 1. The summed E-state index contributed by atoms with van der Waals surface area (Å²) in [5.74, 6) is 1.50. The smallest absolute Gasteiger partial charge is 0.0357 e. The second-order valence-electron chi connectivity index (χ2n) is 7.79. The lowest BCUT2D eigenvalue weighted by Gasteiger charge is -2.56. The largest absolute Gasteiger partial charge is 0.329 e. The maximum Gasteiger partial charge on any atom is 0.0357 e. The summed E-state index contributed by atoms with van der Waals surface area (Å²) in [6.07, 6.45) is 8.05. The number of nitrogens with zero attached hydrogens (tertiary/aromatic N) is 2. The molecule has 0 heterocycles. The Morgan fingerprint density at radius 1 is 1.05 bits per heavy atom. The molecule has 2 saturated carbocycles. The Balaban J connectivity index is 2.14. The van der Waals surface area contributed by atoms with Crippen LogP contribution in [0, 0.1) is 11.8 Å². The van der Waals surface area contributed by atoms with Crippen LogP contribution in [0.3, 0.4) is 0 Å². The second kappa shape index (κ2) is 5.94. The summed E-state index contributed by atoms with van der Waals surface area (Å²) in [4.78, 5) is 5.08. The minimum absolute atomic E-state index is 0.219. The summed E-state index contributed by atoms with van der Waals surface area (Å²) >= 11 is 0. The lowest BCUT2D eigenvalue weighted by atomic mass is 9.66. The van der Waals surface area contributed by atoms with Crippen LogP contribution in [-0.2, 0) is 0 Å². The fraction of sp³-hybridized carbons (Fsp3) is 1.00. The Hall–Kier alpha value is -0.120. The molecule has 0 aromatic rings. The molecule has 0 saturated heterocycles. The van der Waals surface area contributed by atoms with Crippen molar-refractivity contribution in [3.8, 4) is 0 Å². The van der Waals surface area contributed by atoms with Crippen molar-refractivity contribution in [2.24, 2.45) is 17.6 Å². The van der Waals surface area contributed by atoms with Crippen molar-refractivity contribution in [2.45, 2.75) is 63.5 Å². The first kappa shape index (κ1) is 16.3. The average Bonchev–Trinajstić information content (AvgIpc) is 2.36. The highest BCUT2D eigenvalue weighted by molar-refractivity contribution is 5.05. The van der Waals surface area contributed by atoms with Crippen LogP contribution in [0.1, 0.15) is 52.4 Å². The van der Waals surface area contributed by atoms with Crippen molar-refractivity contribution < 1.29 is 0 Å². The molecular weight excluding hydrogens is 246 g/mol. The fourth-order valence-electron chi connectivity index (χ4n) is 4.65. The van der Waals surface area contributed by atoms with E-state index in [-0.39, 0.29) is 5.54 Å². The highest BCUT2D eigenvalue weighted by Crippen LogP contribution is 2.43. The third kappa shape index (κ3) is 2.53. The lowest BCUT2D eigenvalue weighted by Crippen LogP contribution is -2.65. The number of hydrogen-bond acceptors (Lipinski definition) is 3. The standard InChI is InChI=1S/C17H35N3/c1-14-8-6-11-17(12-18,15(14)2)20(5)13-16(19(3)4)9-7-10-16/h14-15H,6-13,18H2,1-5H3. The van der Waals surface area contributed by atoms with Crippen LogP contribution >= 0.6 is 0 Å². The maximum absolute atomic E-state index is 6.29. The third-order valence-electron chi connectivity index (χ3n) is 6.85. The monoisotopic (exact) mass is 281 g/mol. The van der Waals surface area contributed by atoms with Gasteiger partial charge in [0.2, 0.25) is 0 Å². The molecule has 0 radical (unpaired) electrons. The van der Waals surface area contributed by atoms with Gasteiger partial charge in [0.15, 0.2) is 0 Å². The van der Waals surface area contributed by atoms with E-state index in [4.69, 9.17) is 5.73 Å². The van der Waals surface area contributed by atoms with Gasteiger partial charge in [0, 0.05) is 24.2 Å². The second-order valence-corrected chi connectivity index (χ2v) is 7.79. The molecular formula is C17H35N3. The van der Waals surface area contributed by atoms with Crippen LogP contribution in [0.2, 0.25) is 0 Å². The summed E-state index contributed by atoms with van der Waals surface area (Å²) < 4.78 is 0. The Kier molecular flexibility index (Phi) is 4.83. The molecule has 2 fully saturated rings. The van der Waals surface area contributed by atoms with Crippen molar-refractivity contribution in [1.82, 2.24) is 9.80 Å². The molecule has 20 heavy (non-hydrogen) atoms. The van der Waals surface area contributed by atoms with Crippen molar-refractivity contribution in [3.05, 3.63) is 0 Å². The van der Waals surface area contributed by atoms with Gasteiger partial charge in [-0.3, -0.25) is 4.90 Å². The number of rotatable bonds is 5. The summed E-state index contributed by atoms with van der Waals surface area (Å²) in [6, 6.07) is 0. The molecule has 3 unspecified atom stereocenters. The molecule has 2 aliphatic rings. The predicted molar refractivity (Wildman–Crippen MR) is 86.9 cm³/mol. The molecule has 2 rings (SSSR count). The van der Waals surface area contributed by atoms with Gasteiger partial charge < -0.3 is 10.6 Å². The van der Waals surface area contributed by atoms with E-state index in [9.17, 15) is 0 Å². The summed E-state index contributed by atoms with van der Waals surface area (Å²) in [5, 5.41) is 0. The number of likely N-dealkylation sites (N-methyl/N-ethyl adjacent to an activating group) is 2. The van der Waals surface area contributed by atoms with Gasteiger partial charge in [-0.15, -0.1) is 0 Å². The SMILES string of the molecule is CC1CCCC(CN)(N(C)CC2(N(C)C)CCC2)C1C. The third-order valence-corrected chi connectivity index (χ3v) is 6.85. The van der Waals surface area contributed by atoms with Gasteiger partial charge in [0.1, 0.15) is 0 Å². The summed E-state index contributed by atoms with van der Waals surface area (Å²) in [5.41, 5.74) is 6.91. The zero-order valence-corrected chi connectivity index (χ0v) is 14.3. The van der Waals surface area contributed by atoms with E-state index in [1.165, 1.54) is 45.1 Å². The molecule has 0 amide bonds. The zero-order chi connectivity index (χ0) is 15.0. The van der Waals surface area contributed by atoms with Gasteiger partial charge >= 0.3 is 0 Å². The van der Waals surface area contributed by atoms with E-state index in [1.807, 2.05) is 0 Å². The Labute approximate surface area is 125 Å². The van der Waals surface area contributed by atoms with Crippen LogP contribution in [0.5, 0.6) is 0 Å².